The second-order valence-electron chi connectivity index (χ2n) is 5.08. The molecular formula is C15H20ClNO3. The third-order valence-corrected chi connectivity index (χ3v) is 3.70. The Bertz CT molecular complexity index is 435. The van der Waals surface area contributed by atoms with Crippen molar-refractivity contribution in [3.05, 3.63) is 34.9 Å². The Labute approximate surface area is 124 Å². The number of aryl methyl sites for hydroxylation is 1. The van der Waals surface area contributed by atoms with Gasteiger partial charge in [0.15, 0.2) is 0 Å². The van der Waals surface area contributed by atoms with E-state index in [9.17, 15) is 9.90 Å². The van der Waals surface area contributed by atoms with Crippen molar-refractivity contribution in [2.45, 2.75) is 37.8 Å². The van der Waals surface area contributed by atoms with Crippen molar-refractivity contribution in [2.75, 3.05) is 13.2 Å². The predicted octanol–water partition coefficient (Wildman–Crippen LogP) is 1.93. The van der Waals surface area contributed by atoms with Crippen LogP contribution in [-0.4, -0.2) is 36.4 Å². The fourth-order valence-corrected chi connectivity index (χ4v) is 2.37. The Morgan fingerprint density at radius 1 is 1.40 bits per heavy atom. The fourth-order valence-electron chi connectivity index (χ4n) is 2.25. The number of aliphatic hydroxyl groups excluding tert-OH is 1. The van der Waals surface area contributed by atoms with Gasteiger partial charge in [-0.25, -0.2) is 0 Å². The molecule has 1 aromatic carbocycles. The first kappa shape index (κ1) is 15.3. The molecule has 1 aromatic rings. The number of hydrogen-bond donors (Lipinski definition) is 2. The standard InChI is InChI=1S/C15H20ClNO3/c16-12-6-4-11(5-7-12)2-1-3-15(19)17-13-10-20-9-8-14(13)18/h4-7,13-14,18H,1-3,8-10H2,(H,17,19)/t13-,14-/m1/s1. The van der Waals surface area contributed by atoms with Gasteiger partial charge in [0.25, 0.3) is 0 Å². The maximum Gasteiger partial charge on any atom is 0.220 e. The normalized spacial score (nSPS) is 22.5. The van der Waals surface area contributed by atoms with Gasteiger partial charge in [-0.05, 0) is 37.0 Å². The van der Waals surface area contributed by atoms with Gasteiger partial charge in [0.1, 0.15) is 0 Å². The SMILES string of the molecule is O=C(CCCc1ccc(Cl)cc1)N[C@@H]1COCC[C@H]1O. The van der Waals surface area contributed by atoms with E-state index in [1.54, 1.807) is 0 Å². The molecule has 0 aliphatic carbocycles. The molecule has 20 heavy (non-hydrogen) atoms. The summed E-state index contributed by atoms with van der Waals surface area (Å²) in [6.07, 6.45) is 2.15. The van der Waals surface area contributed by atoms with Crippen LogP contribution in [0.2, 0.25) is 5.02 Å². The van der Waals surface area contributed by atoms with Crippen molar-refractivity contribution < 1.29 is 14.6 Å². The van der Waals surface area contributed by atoms with Gasteiger partial charge < -0.3 is 15.2 Å². The number of halogens is 1. The Balaban J connectivity index is 1.68. The van der Waals surface area contributed by atoms with Crippen LogP contribution in [0.1, 0.15) is 24.8 Å². The molecule has 4 nitrogen and oxygen atoms in total. The molecule has 1 aliphatic heterocycles. The Morgan fingerprint density at radius 2 is 2.15 bits per heavy atom. The highest BCUT2D eigenvalue weighted by molar-refractivity contribution is 6.30. The summed E-state index contributed by atoms with van der Waals surface area (Å²) in [5.74, 6) is -0.0338. The maximum atomic E-state index is 11.8. The van der Waals surface area contributed by atoms with Crippen molar-refractivity contribution in [3.63, 3.8) is 0 Å². The van der Waals surface area contributed by atoms with Gasteiger partial charge in [0.2, 0.25) is 5.91 Å². The Hall–Kier alpha value is -1.10. The summed E-state index contributed by atoms with van der Waals surface area (Å²) in [5.41, 5.74) is 1.17. The summed E-state index contributed by atoms with van der Waals surface area (Å²) in [5, 5.41) is 13.3. The molecular weight excluding hydrogens is 278 g/mol. The molecule has 1 aliphatic rings. The highest BCUT2D eigenvalue weighted by atomic mass is 35.5. The lowest BCUT2D eigenvalue weighted by atomic mass is 10.1. The first-order valence-corrected chi connectivity index (χ1v) is 7.32. The molecule has 0 spiro atoms. The van der Waals surface area contributed by atoms with Crippen LogP contribution in [0.4, 0.5) is 0 Å². The highest BCUT2D eigenvalue weighted by Gasteiger charge is 2.24. The van der Waals surface area contributed by atoms with E-state index < -0.39 is 6.10 Å². The van der Waals surface area contributed by atoms with Crippen molar-refractivity contribution in [1.29, 1.82) is 0 Å². The quantitative estimate of drug-likeness (QED) is 0.873. The van der Waals surface area contributed by atoms with Crippen LogP contribution in [0, 0.1) is 0 Å². The third-order valence-electron chi connectivity index (χ3n) is 3.45. The zero-order valence-corrected chi connectivity index (χ0v) is 12.1. The van der Waals surface area contributed by atoms with E-state index in [4.69, 9.17) is 16.3 Å². The number of carbonyl (C=O) groups excluding carboxylic acids is 1. The molecule has 2 atom stereocenters. The molecule has 0 aromatic heterocycles. The van der Waals surface area contributed by atoms with Crippen molar-refractivity contribution in [1.82, 2.24) is 5.32 Å². The minimum Gasteiger partial charge on any atom is -0.391 e. The number of amides is 1. The van der Waals surface area contributed by atoms with Gasteiger partial charge in [0.05, 0.1) is 18.8 Å². The topological polar surface area (TPSA) is 58.6 Å². The molecule has 5 heteroatoms. The average molecular weight is 298 g/mol. The van der Waals surface area contributed by atoms with Gasteiger partial charge in [-0.3, -0.25) is 4.79 Å². The zero-order valence-electron chi connectivity index (χ0n) is 11.3. The van der Waals surface area contributed by atoms with Gasteiger partial charge in [-0.15, -0.1) is 0 Å². The number of aliphatic hydroxyl groups is 1. The van der Waals surface area contributed by atoms with Crippen LogP contribution in [0.3, 0.4) is 0 Å². The summed E-state index contributed by atoms with van der Waals surface area (Å²) >= 11 is 5.82. The summed E-state index contributed by atoms with van der Waals surface area (Å²) < 4.78 is 5.25. The molecule has 2 N–H and O–H groups in total. The van der Waals surface area contributed by atoms with E-state index in [2.05, 4.69) is 5.32 Å². The largest absolute Gasteiger partial charge is 0.391 e. The molecule has 0 unspecified atom stereocenters. The van der Waals surface area contributed by atoms with Crippen LogP contribution in [-0.2, 0) is 16.0 Å². The summed E-state index contributed by atoms with van der Waals surface area (Å²) in [6.45, 7) is 0.953. The second kappa shape index (κ2) is 7.62. The van der Waals surface area contributed by atoms with Crippen LogP contribution >= 0.6 is 11.6 Å². The van der Waals surface area contributed by atoms with E-state index in [-0.39, 0.29) is 11.9 Å². The second-order valence-corrected chi connectivity index (χ2v) is 5.52. The van der Waals surface area contributed by atoms with Crippen molar-refractivity contribution in [3.8, 4) is 0 Å². The molecule has 110 valence electrons. The highest BCUT2D eigenvalue weighted by Crippen LogP contribution is 2.12. The lowest BCUT2D eigenvalue weighted by Crippen LogP contribution is -2.49. The number of benzene rings is 1. The summed E-state index contributed by atoms with van der Waals surface area (Å²) in [6, 6.07) is 7.38. The third kappa shape index (κ3) is 4.78. The smallest absolute Gasteiger partial charge is 0.220 e. The first-order valence-electron chi connectivity index (χ1n) is 6.95. The van der Waals surface area contributed by atoms with Crippen LogP contribution in [0.15, 0.2) is 24.3 Å². The zero-order chi connectivity index (χ0) is 14.4. The van der Waals surface area contributed by atoms with Crippen molar-refractivity contribution in [2.24, 2.45) is 0 Å². The minimum absolute atomic E-state index is 0.0338. The van der Waals surface area contributed by atoms with Gasteiger partial charge in [0, 0.05) is 18.1 Å². The average Bonchev–Trinajstić information content (AvgIpc) is 2.44. The number of rotatable bonds is 5. The molecule has 1 saturated heterocycles. The maximum absolute atomic E-state index is 11.8. The number of nitrogens with one attached hydrogen (secondary N) is 1. The molecule has 0 saturated carbocycles. The van der Waals surface area contributed by atoms with Gasteiger partial charge >= 0.3 is 0 Å². The van der Waals surface area contributed by atoms with Crippen molar-refractivity contribution >= 4 is 17.5 Å². The molecule has 1 heterocycles. The summed E-state index contributed by atoms with van der Waals surface area (Å²) in [4.78, 5) is 11.8. The lowest BCUT2D eigenvalue weighted by molar-refractivity contribution is -0.124. The van der Waals surface area contributed by atoms with E-state index in [0.29, 0.717) is 26.1 Å². The lowest BCUT2D eigenvalue weighted by Gasteiger charge is -2.28. The van der Waals surface area contributed by atoms with E-state index in [1.807, 2.05) is 24.3 Å². The Kier molecular flexibility index (Phi) is 5.83. The molecule has 0 radical (unpaired) electrons. The van der Waals surface area contributed by atoms with Gasteiger partial charge in [-0.2, -0.15) is 0 Å². The fraction of sp³-hybridized carbons (Fsp3) is 0.533. The van der Waals surface area contributed by atoms with Crippen LogP contribution in [0.5, 0.6) is 0 Å². The van der Waals surface area contributed by atoms with E-state index >= 15 is 0 Å². The van der Waals surface area contributed by atoms with E-state index in [0.717, 1.165) is 17.9 Å². The predicted molar refractivity (Wildman–Crippen MR) is 77.8 cm³/mol. The van der Waals surface area contributed by atoms with Crippen LogP contribution in [0.25, 0.3) is 0 Å². The number of hydrogen-bond acceptors (Lipinski definition) is 3. The number of carbonyl (C=O) groups is 1. The number of ether oxygens (including phenoxy) is 1. The molecule has 1 fully saturated rings. The first-order chi connectivity index (χ1) is 9.65. The van der Waals surface area contributed by atoms with Crippen LogP contribution < -0.4 is 5.32 Å². The molecule has 2 rings (SSSR count). The molecule has 1 amide bonds. The van der Waals surface area contributed by atoms with Gasteiger partial charge in [-0.1, -0.05) is 23.7 Å². The van der Waals surface area contributed by atoms with E-state index in [1.165, 1.54) is 5.56 Å². The monoisotopic (exact) mass is 297 g/mol. The Morgan fingerprint density at radius 3 is 2.85 bits per heavy atom. The molecule has 0 bridgehead atoms. The minimum atomic E-state index is -0.496. The summed E-state index contributed by atoms with van der Waals surface area (Å²) in [7, 11) is 0.